The number of hydrogen-bond donors (Lipinski definition) is 2. The van der Waals surface area contributed by atoms with Crippen molar-refractivity contribution < 1.29 is 9.53 Å². The Balaban J connectivity index is 2.31. The minimum Gasteiger partial charge on any atom is -0.444 e. The third kappa shape index (κ3) is 8.82. The number of rotatable bonds is 8. The van der Waals surface area contributed by atoms with Crippen LogP contribution in [-0.4, -0.2) is 24.8 Å². The van der Waals surface area contributed by atoms with E-state index in [-0.39, 0.29) is 6.09 Å². The summed E-state index contributed by atoms with van der Waals surface area (Å²) in [6.45, 7) is 9.18. The van der Waals surface area contributed by atoms with Crippen molar-refractivity contribution in [3.8, 4) is 0 Å². The monoisotopic (exact) mass is 340 g/mol. The zero-order valence-electron chi connectivity index (χ0n) is 14.6. The van der Waals surface area contributed by atoms with E-state index in [1.807, 2.05) is 32.9 Å². The van der Waals surface area contributed by atoms with E-state index in [9.17, 15) is 4.79 Å². The lowest BCUT2D eigenvalue weighted by Gasteiger charge is -2.20. The molecule has 23 heavy (non-hydrogen) atoms. The summed E-state index contributed by atoms with van der Waals surface area (Å²) in [5.41, 5.74) is 0.791. The van der Waals surface area contributed by atoms with Crippen molar-refractivity contribution >= 4 is 17.7 Å². The van der Waals surface area contributed by atoms with E-state index in [2.05, 4.69) is 29.7 Å². The van der Waals surface area contributed by atoms with Gasteiger partial charge in [-0.3, -0.25) is 0 Å². The fraction of sp³-hybridized carbons (Fsp3) is 0.611. The van der Waals surface area contributed by atoms with Gasteiger partial charge < -0.3 is 15.4 Å². The lowest BCUT2D eigenvalue weighted by molar-refractivity contribution is 0.0527. The normalized spacial score (nSPS) is 12.7. The molecule has 0 heterocycles. The highest BCUT2D eigenvalue weighted by molar-refractivity contribution is 6.30. The van der Waals surface area contributed by atoms with Crippen molar-refractivity contribution in [3.05, 3.63) is 34.9 Å². The van der Waals surface area contributed by atoms with Gasteiger partial charge in [0.25, 0.3) is 0 Å². The number of nitrogens with one attached hydrogen (secondary N) is 2. The average molecular weight is 341 g/mol. The van der Waals surface area contributed by atoms with Gasteiger partial charge in [-0.15, -0.1) is 0 Å². The molecule has 0 saturated heterocycles. The molecule has 1 amide bonds. The Morgan fingerprint density at radius 2 is 1.87 bits per heavy atom. The fourth-order valence-electron chi connectivity index (χ4n) is 2.24. The van der Waals surface area contributed by atoms with E-state index in [0.717, 1.165) is 30.8 Å². The summed E-state index contributed by atoms with van der Waals surface area (Å²) < 4.78 is 5.20. The molecule has 0 aliphatic rings. The lowest BCUT2D eigenvalue weighted by Crippen LogP contribution is -2.34. The minimum absolute atomic E-state index is 0.318. The molecule has 4 nitrogen and oxygen atoms in total. The number of halogens is 1. The molecule has 0 bridgehead atoms. The van der Waals surface area contributed by atoms with E-state index in [4.69, 9.17) is 16.3 Å². The predicted octanol–water partition coefficient (Wildman–Crippen LogP) is 4.69. The van der Waals surface area contributed by atoms with E-state index < -0.39 is 5.60 Å². The largest absolute Gasteiger partial charge is 0.444 e. The van der Waals surface area contributed by atoms with Crippen LogP contribution in [0.3, 0.4) is 0 Å². The number of carbonyl (C=O) groups is 1. The second-order valence-electron chi connectivity index (χ2n) is 6.63. The molecule has 2 N–H and O–H groups in total. The number of benzene rings is 1. The first-order valence-electron chi connectivity index (χ1n) is 8.27. The molecule has 130 valence electrons. The van der Waals surface area contributed by atoms with Crippen LogP contribution in [0, 0.1) is 0 Å². The Labute approximate surface area is 144 Å². The predicted molar refractivity (Wildman–Crippen MR) is 96.0 cm³/mol. The first-order valence-corrected chi connectivity index (χ1v) is 8.65. The number of amides is 1. The van der Waals surface area contributed by atoms with E-state index in [1.54, 1.807) is 0 Å². The molecular formula is C18H29ClN2O2. The first kappa shape index (κ1) is 19.8. The lowest BCUT2D eigenvalue weighted by atomic mass is 10.0. The third-order valence-corrected chi connectivity index (χ3v) is 3.51. The number of hydrogen-bond acceptors (Lipinski definition) is 3. The van der Waals surface area contributed by atoms with Crippen LogP contribution in [0.1, 0.15) is 58.6 Å². The summed E-state index contributed by atoms with van der Waals surface area (Å²) in [6, 6.07) is 8.29. The van der Waals surface area contributed by atoms with Gasteiger partial charge in [0.2, 0.25) is 0 Å². The van der Waals surface area contributed by atoms with Gasteiger partial charge in [-0.1, -0.05) is 37.1 Å². The molecule has 0 aliphatic carbocycles. The van der Waals surface area contributed by atoms with Crippen LogP contribution < -0.4 is 10.6 Å². The Hall–Kier alpha value is -1.26. The number of carbonyl (C=O) groups excluding carboxylic acids is 1. The molecule has 0 spiro atoms. The maximum atomic E-state index is 11.5. The minimum atomic E-state index is -0.455. The summed E-state index contributed by atoms with van der Waals surface area (Å²) in [6.07, 6.45) is 2.67. The van der Waals surface area contributed by atoms with Crippen LogP contribution in [-0.2, 0) is 4.74 Å². The molecule has 0 radical (unpaired) electrons. The van der Waals surface area contributed by atoms with Crippen molar-refractivity contribution in [1.29, 1.82) is 0 Å². The molecule has 1 atom stereocenters. The Bertz CT molecular complexity index is 469. The molecule has 1 unspecified atom stereocenters. The highest BCUT2D eigenvalue weighted by atomic mass is 35.5. The van der Waals surface area contributed by atoms with Crippen LogP contribution in [0.15, 0.2) is 24.3 Å². The van der Waals surface area contributed by atoms with E-state index in [0.29, 0.717) is 12.6 Å². The van der Waals surface area contributed by atoms with Crippen molar-refractivity contribution in [2.24, 2.45) is 0 Å². The van der Waals surface area contributed by atoms with Gasteiger partial charge in [-0.05, 0) is 57.9 Å². The number of ether oxygens (including phenoxy) is 1. The van der Waals surface area contributed by atoms with Gasteiger partial charge in [0.1, 0.15) is 5.60 Å². The average Bonchev–Trinajstić information content (AvgIpc) is 2.45. The first-order chi connectivity index (χ1) is 10.8. The summed E-state index contributed by atoms with van der Waals surface area (Å²) in [7, 11) is 0. The van der Waals surface area contributed by atoms with E-state index >= 15 is 0 Å². The smallest absolute Gasteiger partial charge is 0.407 e. The molecule has 1 aromatic carbocycles. The molecule has 0 aromatic heterocycles. The molecule has 5 heteroatoms. The molecule has 1 rings (SSSR count). The zero-order valence-corrected chi connectivity index (χ0v) is 15.4. The van der Waals surface area contributed by atoms with Gasteiger partial charge in [0.15, 0.2) is 0 Å². The SMILES string of the molecule is CCCC(NCCCNC(=O)OC(C)(C)C)c1ccc(Cl)cc1. The van der Waals surface area contributed by atoms with Crippen molar-refractivity contribution in [1.82, 2.24) is 10.6 Å². The van der Waals surface area contributed by atoms with Gasteiger partial charge in [-0.25, -0.2) is 4.79 Å². The van der Waals surface area contributed by atoms with Gasteiger partial charge in [-0.2, -0.15) is 0 Å². The van der Waals surface area contributed by atoms with Gasteiger partial charge in [0.05, 0.1) is 0 Å². The molecule has 0 fully saturated rings. The summed E-state index contributed by atoms with van der Waals surface area (Å²) in [5.74, 6) is 0. The van der Waals surface area contributed by atoms with Crippen LogP contribution in [0.25, 0.3) is 0 Å². The molecular weight excluding hydrogens is 312 g/mol. The fourth-order valence-corrected chi connectivity index (χ4v) is 2.37. The van der Waals surface area contributed by atoms with Crippen molar-refractivity contribution in [3.63, 3.8) is 0 Å². The third-order valence-electron chi connectivity index (χ3n) is 3.26. The topological polar surface area (TPSA) is 50.4 Å². The number of alkyl carbamates (subject to hydrolysis) is 1. The zero-order chi connectivity index (χ0) is 17.3. The van der Waals surface area contributed by atoms with Crippen molar-refractivity contribution in [2.75, 3.05) is 13.1 Å². The molecule has 0 saturated carbocycles. The van der Waals surface area contributed by atoms with E-state index in [1.165, 1.54) is 5.56 Å². The summed E-state index contributed by atoms with van der Waals surface area (Å²) in [5, 5.41) is 7.07. The van der Waals surface area contributed by atoms with Crippen LogP contribution in [0.5, 0.6) is 0 Å². The van der Waals surface area contributed by atoms with Crippen LogP contribution in [0.4, 0.5) is 4.79 Å². The summed E-state index contributed by atoms with van der Waals surface area (Å²) in [4.78, 5) is 11.5. The Morgan fingerprint density at radius 3 is 2.43 bits per heavy atom. The van der Waals surface area contributed by atoms with Crippen molar-refractivity contribution in [2.45, 2.75) is 58.6 Å². The standard InChI is InChI=1S/C18H29ClN2O2/c1-5-7-16(14-8-10-15(19)11-9-14)20-12-6-13-21-17(22)23-18(2,3)4/h8-11,16,20H,5-7,12-13H2,1-4H3,(H,21,22). The maximum absolute atomic E-state index is 11.5. The Morgan fingerprint density at radius 1 is 1.22 bits per heavy atom. The second-order valence-corrected chi connectivity index (χ2v) is 7.07. The Kier molecular flexibility index (Phi) is 8.42. The van der Waals surface area contributed by atoms with Gasteiger partial charge >= 0.3 is 6.09 Å². The van der Waals surface area contributed by atoms with Crippen LogP contribution >= 0.6 is 11.6 Å². The molecule has 1 aromatic rings. The molecule has 0 aliphatic heterocycles. The van der Waals surface area contributed by atoms with Crippen LogP contribution in [0.2, 0.25) is 5.02 Å². The maximum Gasteiger partial charge on any atom is 0.407 e. The second kappa shape index (κ2) is 9.78. The van der Waals surface area contributed by atoms with Gasteiger partial charge in [0, 0.05) is 17.6 Å². The quantitative estimate of drug-likeness (QED) is 0.675. The summed E-state index contributed by atoms with van der Waals surface area (Å²) >= 11 is 5.94. The highest BCUT2D eigenvalue weighted by Gasteiger charge is 2.15. The highest BCUT2D eigenvalue weighted by Crippen LogP contribution is 2.20.